The van der Waals surface area contributed by atoms with Crippen LogP contribution in [0.3, 0.4) is 0 Å². The van der Waals surface area contributed by atoms with Crippen molar-refractivity contribution in [1.29, 1.82) is 0 Å². The fraction of sp³-hybridized carbons (Fsp3) is 0.889. The molecule has 0 spiro atoms. The van der Waals surface area contributed by atoms with Crippen molar-refractivity contribution in [2.75, 3.05) is 27.2 Å². The van der Waals surface area contributed by atoms with E-state index in [9.17, 15) is 9.90 Å². The second-order valence-electron chi connectivity index (χ2n) is 4.79. The molecule has 5 nitrogen and oxygen atoms in total. The molecule has 1 rings (SSSR count). The van der Waals surface area contributed by atoms with Crippen molar-refractivity contribution >= 4 is 5.97 Å². The number of rotatable bonds is 2. The Morgan fingerprint density at radius 3 is 2.53 bits per heavy atom. The van der Waals surface area contributed by atoms with Crippen molar-refractivity contribution in [3.63, 3.8) is 0 Å². The van der Waals surface area contributed by atoms with E-state index < -0.39 is 17.9 Å². The third-order valence-corrected chi connectivity index (χ3v) is 2.24. The Morgan fingerprint density at radius 1 is 1.60 bits per heavy atom. The van der Waals surface area contributed by atoms with Crippen molar-refractivity contribution in [3.05, 3.63) is 0 Å². The van der Waals surface area contributed by atoms with Gasteiger partial charge >= 0.3 is 5.97 Å². The molecule has 2 unspecified atom stereocenters. The molecule has 1 fully saturated rings. The lowest BCUT2D eigenvalue weighted by atomic mass is 10.1. The maximum absolute atomic E-state index is 10.5. The first kappa shape index (κ1) is 14.6. The van der Waals surface area contributed by atoms with Crippen molar-refractivity contribution < 1.29 is 36.6 Å². The highest BCUT2D eigenvalue weighted by molar-refractivity contribution is 5.67. The van der Waals surface area contributed by atoms with Crippen LogP contribution < -0.4 is 12.4 Å². The van der Waals surface area contributed by atoms with Crippen LogP contribution in [0.15, 0.2) is 0 Å². The number of hydrogen-bond donors (Lipinski definition) is 2. The summed E-state index contributed by atoms with van der Waals surface area (Å²) >= 11 is 0. The Balaban J connectivity index is 0.00000196. The van der Waals surface area contributed by atoms with Crippen LogP contribution in [0.1, 0.15) is 13.3 Å². The molecule has 2 atom stereocenters. The molecule has 0 bridgehead atoms. The van der Waals surface area contributed by atoms with Gasteiger partial charge in [-0.05, 0) is 6.92 Å². The minimum Gasteiger partial charge on any atom is -1.00 e. The van der Waals surface area contributed by atoms with Gasteiger partial charge in [0.25, 0.3) is 0 Å². The number of halogens is 1. The number of carboxylic acids is 1. The molecule has 1 heterocycles. The summed E-state index contributed by atoms with van der Waals surface area (Å²) in [5.41, 5.74) is 0. The molecular weight excluding hydrogens is 222 g/mol. The first-order chi connectivity index (χ1) is 6.20. The molecule has 15 heavy (non-hydrogen) atoms. The summed E-state index contributed by atoms with van der Waals surface area (Å²) in [6, 6.07) is 0. The third kappa shape index (κ3) is 4.79. The molecule has 0 aromatic heterocycles. The van der Waals surface area contributed by atoms with Gasteiger partial charge in [-0.15, -0.1) is 0 Å². The van der Waals surface area contributed by atoms with E-state index in [1.807, 2.05) is 14.1 Å². The van der Waals surface area contributed by atoms with Crippen LogP contribution in [0.25, 0.3) is 0 Å². The van der Waals surface area contributed by atoms with Gasteiger partial charge in [-0.2, -0.15) is 0 Å². The summed E-state index contributed by atoms with van der Waals surface area (Å²) in [7, 11) is 3.90. The second kappa shape index (κ2) is 4.65. The molecule has 1 aliphatic heterocycles. The number of likely N-dealkylation sites (N-methyl/N-ethyl adjacent to an activating group) is 1. The third-order valence-electron chi connectivity index (χ3n) is 2.24. The second-order valence-corrected chi connectivity index (χ2v) is 4.79. The summed E-state index contributed by atoms with van der Waals surface area (Å²) in [6.07, 6.45) is -0.469. The Labute approximate surface area is 95.6 Å². The topological polar surface area (TPSA) is 66.8 Å². The SMILES string of the molecule is CC1(O)C[N+](C)(C)CC(CC(=O)O)O1.[Cl-]. The van der Waals surface area contributed by atoms with Crippen molar-refractivity contribution in [2.24, 2.45) is 0 Å². The van der Waals surface area contributed by atoms with Gasteiger partial charge in [0.05, 0.1) is 20.5 Å². The molecule has 0 saturated carbocycles. The smallest absolute Gasteiger partial charge is 0.306 e. The van der Waals surface area contributed by atoms with E-state index in [0.29, 0.717) is 17.6 Å². The monoisotopic (exact) mass is 239 g/mol. The Morgan fingerprint density at radius 2 is 2.13 bits per heavy atom. The number of morpholine rings is 1. The number of ether oxygens (including phenoxy) is 1. The standard InChI is InChI=1S/C9H17NO4.ClH/c1-9(13)6-10(2,3)5-7(14-9)4-8(11)12;/h7,13H,4-6H2,1-3H3;1H. The van der Waals surface area contributed by atoms with Gasteiger partial charge in [0.1, 0.15) is 19.2 Å². The molecule has 0 aliphatic carbocycles. The van der Waals surface area contributed by atoms with Crippen LogP contribution in [0.2, 0.25) is 0 Å². The van der Waals surface area contributed by atoms with Crippen molar-refractivity contribution in [1.82, 2.24) is 0 Å². The minimum absolute atomic E-state index is 0. The lowest BCUT2D eigenvalue weighted by Crippen LogP contribution is -3.00. The van der Waals surface area contributed by atoms with Gasteiger partial charge in [0.2, 0.25) is 5.79 Å². The zero-order chi connectivity index (χ0) is 11.0. The highest BCUT2D eigenvalue weighted by atomic mass is 35.5. The largest absolute Gasteiger partial charge is 1.00 e. The fourth-order valence-electron chi connectivity index (χ4n) is 2.14. The van der Waals surface area contributed by atoms with Crippen LogP contribution in [-0.2, 0) is 9.53 Å². The van der Waals surface area contributed by atoms with E-state index >= 15 is 0 Å². The van der Waals surface area contributed by atoms with Gasteiger partial charge in [0, 0.05) is 0 Å². The summed E-state index contributed by atoms with van der Waals surface area (Å²) in [5, 5.41) is 18.4. The maximum Gasteiger partial charge on any atom is 0.306 e. The lowest BCUT2D eigenvalue weighted by Gasteiger charge is -2.44. The lowest BCUT2D eigenvalue weighted by molar-refractivity contribution is -0.914. The van der Waals surface area contributed by atoms with Crippen LogP contribution in [-0.4, -0.2) is 59.7 Å². The molecule has 1 aliphatic rings. The zero-order valence-electron chi connectivity index (χ0n) is 9.23. The number of nitrogens with zero attached hydrogens (tertiary/aromatic N) is 1. The number of aliphatic carboxylic acids is 1. The van der Waals surface area contributed by atoms with Gasteiger partial charge < -0.3 is 31.8 Å². The molecule has 0 aromatic rings. The number of quaternary nitrogens is 1. The first-order valence-corrected chi connectivity index (χ1v) is 4.64. The van der Waals surface area contributed by atoms with Gasteiger partial charge in [-0.3, -0.25) is 4.79 Å². The molecule has 2 N–H and O–H groups in total. The van der Waals surface area contributed by atoms with Crippen LogP contribution >= 0.6 is 0 Å². The van der Waals surface area contributed by atoms with Crippen LogP contribution in [0.5, 0.6) is 0 Å². The quantitative estimate of drug-likeness (QED) is 0.495. The minimum atomic E-state index is -1.22. The van der Waals surface area contributed by atoms with Gasteiger partial charge in [-0.25, -0.2) is 0 Å². The van der Waals surface area contributed by atoms with E-state index in [1.54, 1.807) is 6.92 Å². The zero-order valence-corrected chi connectivity index (χ0v) is 9.99. The number of hydrogen-bond acceptors (Lipinski definition) is 3. The first-order valence-electron chi connectivity index (χ1n) is 4.64. The molecule has 6 heteroatoms. The average molecular weight is 240 g/mol. The van der Waals surface area contributed by atoms with Crippen LogP contribution in [0.4, 0.5) is 0 Å². The van der Waals surface area contributed by atoms with E-state index in [-0.39, 0.29) is 18.8 Å². The summed E-state index contributed by atoms with van der Waals surface area (Å²) in [5.74, 6) is -2.12. The van der Waals surface area contributed by atoms with Gasteiger partial charge in [-0.1, -0.05) is 0 Å². The van der Waals surface area contributed by atoms with E-state index in [1.165, 1.54) is 0 Å². The number of carboxylic acid groups (broad SMARTS) is 1. The predicted molar refractivity (Wildman–Crippen MR) is 49.6 cm³/mol. The van der Waals surface area contributed by atoms with E-state index in [2.05, 4.69) is 0 Å². The number of carbonyl (C=O) groups is 1. The summed E-state index contributed by atoms with van der Waals surface area (Å²) in [4.78, 5) is 10.5. The summed E-state index contributed by atoms with van der Waals surface area (Å²) < 4.78 is 5.85. The van der Waals surface area contributed by atoms with Crippen molar-refractivity contribution in [2.45, 2.75) is 25.2 Å². The van der Waals surface area contributed by atoms with E-state index in [4.69, 9.17) is 9.84 Å². The predicted octanol–water partition coefficient (Wildman–Crippen LogP) is -3.35. The molecule has 0 radical (unpaired) electrons. The average Bonchev–Trinajstić information content (AvgIpc) is 1.74. The fourth-order valence-corrected chi connectivity index (χ4v) is 2.14. The normalized spacial score (nSPS) is 34.3. The van der Waals surface area contributed by atoms with Gasteiger partial charge in [0.15, 0.2) is 0 Å². The molecular formula is C9H18ClNO4. The van der Waals surface area contributed by atoms with Crippen molar-refractivity contribution in [3.8, 4) is 0 Å². The molecule has 1 saturated heterocycles. The Hall–Kier alpha value is -0.360. The molecule has 90 valence electrons. The Bertz CT molecular complexity index is 226. The highest BCUT2D eigenvalue weighted by Gasteiger charge is 2.42. The van der Waals surface area contributed by atoms with E-state index in [0.717, 1.165) is 0 Å². The maximum atomic E-state index is 10.5. The number of aliphatic hydroxyl groups is 1. The summed E-state index contributed by atoms with van der Waals surface area (Å²) in [6.45, 7) is 2.66. The molecule has 0 aromatic carbocycles. The Kier molecular flexibility index (Phi) is 4.54. The van der Waals surface area contributed by atoms with Crippen LogP contribution in [0, 0.1) is 0 Å². The molecule has 0 amide bonds. The highest BCUT2D eigenvalue weighted by Crippen LogP contribution is 2.23.